The van der Waals surface area contributed by atoms with Crippen molar-refractivity contribution in [1.29, 1.82) is 0 Å². The summed E-state index contributed by atoms with van der Waals surface area (Å²) in [6.45, 7) is 4.26. The Labute approximate surface area is 128 Å². The van der Waals surface area contributed by atoms with Crippen LogP contribution in [0.1, 0.15) is 44.9 Å². The van der Waals surface area contributed by atoms with Gasteiger partial charge in [-0.05, 0) is 45.7 Å². The van der Waals surface area contributed by atoms with Gasteiger partial charge in [0.15, 0.2) is 0 Å². The molecule has 1 aromatic heterocycles. The van der Waals surface area contributed by atoms with Crippen molar-refractivity contribution in [2.24, 2.45) is 7.05 Å². The number of nitrogens with zero attached hydrogens (tertiary/aromatic N) is 3. The first kappa shape index (κ1) is 16.5. The number of imidazole rings is 1. The number of hydrogen-bond donors (Lipinski definition) is 2. The van der Waals surface area contributed by atoms with Crippen molar-refractivity contribution in [2.75, 3.05) is 20.2 Å². The van der Waals surface area contributed by atoms with E-state index in [1.807, 2.05) is 19.4 Å². The molecule has 2 N–H and O–H groups in total. The number of aryl methyl sites for hydroxylation is 1. The molecule has 0 radical (unpaired) electrons. The van der Waals surface area contributed by atoms with Gasteiger partial charge in [0, 0.05) is 31.0 Å². The minimum absolute atomic E-state index is 0.0885. The van der Waals surface area contributed by atoms with Crippen molar-refractivity contribution in [1.82, 2.24) is 19.8 Å². The van der Waals surface area contributed by atoms with E-state index >= 15 is 0 Å². The van der Waals surface area contributed by atoms with E-state index in [1.165, 1.54) is 12.8 Å². The normalized spacial score (nSPS) is 26.4. The number of rotatable bonds is 7. The van der Waals surface area contributed by atoms with Gasteiger partial charge in [-0.3, -0.25) is 4.90 Å². The van der Waals surface area contributed by atoms with Crippen molar-refractivity contribution in [3.05, 3.63) is 18.2 Å². The molecule has 0 amide bonds. The minimum Gasteiger partial charge on any atom is -0.394 e. The molecule has 21 heavy (non-hydrogen) atoms. The lowest BCUT2D eigenvalue weighted by Crippen LogP contribution is -2.55. The van der Waals surface area contributed by atoms with Gasteiger partial charge < -0.3 is 15.0 Å². The van der Waals surface area contributed by atoms with E-state index in [2.05, 4.69) is 33.7 Å². The SMILES string of the molecule is CCCNC1(CO)CCCC(N(C)Cc2nccn2C)C1. The highest BCUT2D eigenvalue weighted by atomic mass is 16.3. The molecule has 1 aliphatic rings. The lowest BCUT2D eigenvalue weighted by atomic mass is 9.79. The van der Waals surface area contributed by atoms with E-state index in [-0.39, 0.29) is 12.1 Å². The van der Waals surface area contributed by atoms with Gasteiger partial charge in [0.2, 0.25) is 0 Å². The number of hydrogen-bond acceptors (Lipinski definition) is 4. The predicted molar refractivity (Wildman–Crippen MR) is 85.0 cm³/mol. The molecule has 1 aromatic rings. The average Bonchev–Trinajstić information content (AvgIpc) is 2.90. The summed E-state index contributed by atoms with van der Waals surface area (Å²) >= 11 is 0. The molecule has 5 nitrogen and oxygen atoms in total. The zero-order valence-corrected chi connectivity index (χ0v) is 13.7. The summed E-state index contributed by atoms with van der Waals surface area (Å²) in [5.74, 6) is 1.10. The Balaban J connectivity index is 1.97. The van der Waals surface area contributed by atoms with Gasteiger partial charge >= 0.3 is 0 Å². The number of aliphatic hydroxyl groups excluding tert-OH is 1. The van der Waals surface area contributed by atoms with Gasteiger partial charge in [-0.2, -0.15) is 0 Å². The summed E-state index contributed by atoms with van der Waals surface area (Å²) < 4.78 is 2.08. The third-order valence-electron chi connectivity index (χ3n) is 4.81. The molecule has 1 heterocycles. The first-order chi connectivity index (χ1) is 10.1. The third-order valence-corrected chi connectivity index (χ3v) is 4.81. The summed E-state index contributed by atoms with van der Waals surface area (Å²) in [5, 5.41) is 13.5. The maximum Gasteiger partial charge on any atom is 0.122 e. The van der Waals surface area contributed by atoms with E-state index in [1.54, 1.807) is 0 Å². The maximum atomic E-state index is 9.87. The Morgan fingerprint density at radius 1 is 1.57 bits per heavy atom. The third kappa shape index (κ3) is 4.05. The van der Waals surface area contributed by atoms with Crippen molar-refractivity contribution in [3.8, 4) is 0 Å². The molecule has 2 rings (SSSR count). The Bertz CT molecular complexity index is 434. The molecule has 0 aromatic carbocycles. The molecule has 1 fully saturated rings. The lowest BCUT2D eigenvalue weighted by molar-refractivity contribution is 0.0659. The fourth-order valence-electron chi connectivity index (χ4n) is 3.36. The highest BCUT2D eigenvalue weighted by molar-refractivity contribution is 4.98. The van der Waals surface area contributed by atoms with E-state index < -0.39 is 0 Å². The molecule has 1 saturated carbocycles. The molecular formula is C16H30N4O. The smallest absolute Gasteiger partial charge is 0.122 e. The van der Waals surface area contributed by atoms with Crippen LogP contribution in [0, 0.1) is 0 Å². The molecule has 2 unspecified atom stereocenters. The van der Waals surface area contributed by atoms with Crippen LogP contribution in [-0.4, -0.2) is 51.3 Å². The first-order valence-corrected chi connectivity index (χ1v) is 8.12. The van der Waals surface area contributed by atoms with Crippen LogP contribution >= 0.6 is 0 Å². The first-order valence-electron chi connectivity index (χ1n) is 8.12. The van der Waals surface area contributed by atoms with Crippen molar-refractivity contribution in [3.63, 3.8) is 0 Å². The molecule has 0 bridgehead atoms. The largest absolute Gasteiger partial charge is 0.394 e. The average molecular weight is 294 g/mol. The highest BCUT2D eigenvalue weighted by Crippen LogP contribution is 2.31. The standard InChI is InChI=1S/C16H30N4O/c1-4-8-18-16(13-21)7-5-6-14(11-16)20(3)12-15-17-9-10-19(15)2/h9-10,14,18,21H,4-8,11-13H2,1-3H3. The molecule has 120 valence electrons. The molecule has 1 aliphatic carbocycles. The predicted octanol–water partition coefficient (Wildman–Crippen LogP) is 1.53. The van der Waals surface area contributed by atoms with E-state index in [9.17, 15) is 5.11 Å². The van der Waals surface area contributed by atoms with Gasteiger partial charge in [-0.15, -0.1) is 0 Å². The molecule has 0 aliphatic heterocycles. The van der Waals surface area contributed by atoms with Crippen LogP contribution in [0.5, 0.6) is 0 Å². The molecule has 2 atom stereocenters. The van der Waals surface area contributed by atoms with Gasteiger partial charge in [0.1, 0.15) is 5.82 Å². The quantitative estimate of drug-likeness (QED) is 0.801. The van der Waals surface area contributed by atoms with Crippen LogP contribution in [0.2, 0.25) is 0 Å². The second-order valence-corrected chi connectivity index (χ2v) is 6.48. The summed E-state index contributed by atoms with van der Waals surface area (Å²) in [6, 6.07) is 0.506. The van der Waals surface area contributed by atoms with Crippen LogP contribution in [0.15, 0.2) is 12.4 Å². The zero-order valence-electron chi connectivity index (χ0n) is 13.7. The number of aliphatic hydroxyl groups is 1. The van der Waals surface area contributed by atoms with Gasteiger partial charge in [-0.25, -0.2) is 4.98 Å². The van der Waals surface area contributed by atoms with E-state index in [0.717, 1.165) is 38.2 Å². The minimum atomic E-state index is -0.0885. The van der Waals surface area contributed by atoms with E-state index in [0.29, 0.717) is 6.04 Å². The molecule has 0 saturated heterocycles. The van der Waals surface area contributed by atoms with Gasteiger partial charge in [0.05, 0.1) is 13.2 Å². The highest BCUT2D eigenvalue weighted by Gasteiger charge is 2.36. The van der Waals surface area contributed by atoms with Crippen LogP contribution in [-0.2, 0) is 13.6 Å². The van der Waals surface area contributed by atoms with Crippen LogP contribution in [0.25, 0.3) is 0 Å². The summed E-state index contributed by atoms with van der Waals surface area (Å²) in [7, 11) is 4.21. The summed E-state index contributed by atoms with van der Waals surface area (Å²) in [6.07, 6.45) is 9.43. The van der Waals surface area contributed by atoms with E-state index in [4.69, 9.17) is 0 Å². The fraction of sp³-hybridized carbons (Fsp3) is 0.812. The van der Waals surface area contributed by atoms with Crippen LogP contribution in [0.3, 0.4) is 0 Å². The molecule has 5 heteroatoms. The van der Waals surface area contributed by atoms with Crippen molar-refractivity contribution in [2.45, 2.75) is 57.2 Å². The number of nitrogens with one attached hydrogen (secondary N) is 1. The maximum absolute atomic E-state index is 9.87. The van der Waals surface area contributed by atoms with Gasteiger partial charge in [0.25, 0.3) is 0 Å². The zero-order chi connectivity index (χ0) is 15.3. The second-order valence-electron chi connectivity index (χ2n) is 6.48. The summed E-state index contributed by atoms with van der Waals surface area (Å²) in [4.78, 5) is 6.80. The number of aromatic nitrogens is 2. The Kier molecular flexibility index (Phi) is 5.79. The monoisotopic (exact) mass is 294 g/mol. The Morgan fingerprint density at radius 2 is 2.38 bits per heavy atom. The van der Waals surface area contributed by atoms with Crippen molar-refractivity contribution >= 4 is 0 Å². The van der Waals surface area contributed by atoms with Gasteiger partial charge in [-0.1, -0.05) is 6.92 Å². The second kappa shape index (κ2) is 7.38. The summed E-state index contributed by atoms with van der Waals surface area (Å²) in [5.41, 5.74) is -0.0885. The lowest BCUT2D eigenvalue weighted by Gasteiger charge is -2.43. The Morgan fingerprint density at radius 3 is 3.00 bits per heavy atom. The van der Waals surface area contributed by atoms with Crippen LogP contribution in [0.4, 0.5) is 0 Å². The van der Waals surface area contributed by atoms with Crippen LogP contribution < -0.4 is 5.32 Å². The Hall–Kier alpha value is -0.910. The topological polar surface area (TPSA) is 53.3 Å². The fourth-order valence-corrected chi connectivity index (χ4v) is 3.36. The van der Waals surface area contributed by atoms with Crippen molar-refractivity contribution < 1.29 is 5.11 Å². The molecule has 0 spiro atoms. The molecular weight excluding hydrogens is 264 g/mol.